The molecular formula is C12H19Cl2N3O. The molecule has 2 N–H and O–H groups in total. The first-order valence-electron chi connectivity index (χ1n) is 5.62. The van der Waals surface area contributed by atoms with Gasteiger partial charge in [0.15, 0.2) is 0 Å². The van der Waals surface area contributed by atoms with Crippen LogP contribution in [0.4, 0.5) is 5.69 Å². The summed E-state index contributed by atoms with van der Waals surface area (Å²) in [5, 5.41) is 6.12. The summed E-state index contributed by atoms with van der Waals surface area (Å²) in [5.41, 5.74) is 2.67. The topological polar surface area (TPSA) is 54.0 Å². The van der Waals surface area contributed by atoms with Gasteiger partial charge in [-0.05, 0) is 38.9 Å². The fraction of sp³-hybridized carbons (Fsp3) is 0.500. The summed E-state index contributed by atoms with van der Waals surface area (Å²) in [5.74, 6) is 0.194. The summed E-state index contributed by atoms with van der Waals surface area (Å²) in [6, 6.07) is 3.83. The number of amides is 1. The summed E-state index contributed by atoms with van der Waals surface area (Å²) in [7, 11) is 0. The van der Waals surface area contributed by atoms with Crippen LogP contribution in [0, 0.1) is 19.8 Å². The Bertz CT molecular complexity index is 406. The van der Waals surface area contributed by atoms with E-state index in [1.54, 1.807) is 0 Å². The Kier molecular flexibility index (Phi) is 7.21. The van der Waals surface area contributed by atoms with Crippen molar-refractivity contribution in [3.05, 3.63) is 23.5 Å². The monoisotopic (exact) mass is 291 g/mol. The van der Waals surface area contributed by atoms with Crippen LogP contribution < -0.4 is 10.6 Å². The molecule has 1 aliphatic rings. The van der Waals surface area contributed by atoms with Gasteiger partial charge in [-0.3, -0.25) is 9.78 Å². The summed E-state index contributed by atoms with van der Waals surface area (Å²) in [6.45, 7) is 5.57. The Balaban J connectivity index is 0.00000144. The van der Waals surface area contributed by atoms with Gasteiger partial charge in [-0.15, -0.1) is 24.8 Å². The molecule has 0 spiro atoms. The predicted molar refractivity (Wildman–Crippen MR) is 77.8 cm³/mol. The maximum absolute atomic E-state index is 11.9. The molecule has 1 amide bonds. The molecule has 1 unspecified atom stereocenters. The van der Waals surface area contributed by atoms with Crippen molar-refractivity contribution in [2.75, 3.05) is 18.4 Å². The molecule has 4 nitrogen and oxygen atoms in total. The van der Waals surface area contributed by atoms with Crippen LogP contribution in [0.3, 0.4) is 0 Å². The van der Waals surface area contributed by atoms with E-state index in [0.29, 0.717) is 0 Å². The minimum atomic E-state index is 0. The first kappa shape index (κ1) is 17.2. The lowest BCUT2D eigenvalue weighted by Gasteiger charge is -2.11. The molecule has 1 saturated heterocycles. The van der Waals surface area contributed by atoms with Gasteiger partial charge < -0.3 is 10.6 Å². The van der Waals surface area contributed by atoms with Crippen molar-refractivity contribution < 1.29 is 4.79 Å². The van der Waals surface area contributed by atoms with E-state index >= 15 is 0 Å². The van der Waals surface area contributed by atoms with Gasteiger partial charge in [0.05, 0.1) is 17.3 Å². The first-order chi connectivity index (χ1) is 7.66. The van der Waals surface area contributed by atoms with Crippen molar-refractivity contribution in [2.24, 2.45) is 5.92 Å². The van der Waals surface area contributed by atoms with Gasteiger partial charge in [0.25, 0.3) is 0 Å². The normalized spacial score (nSPS) is 17.6. The van der Waals surface area contributed by atoms with Crippen molar-refractivity contribution in [3.63, 3.8) is 0 Å². The number of pyridine rings is 1. The third kappa shape index (κ3) is 4.12. The Morgan fingerprint density at radius 1 is 1.39 bits per heavy atom. The number of nitrogens with one attached hydrogen (secondary N) is 2. The average Bonchev–Trinajstić information content (AvgIpc) is 2.75. The Hall–Kier alpha value is -0.840. The maximum atomic E-state index is 11.9. The minimum absolute atomic E-state index is 0. The van der Waals surface area contributed by atoms with Crippen LogP contribution in [0.1, 0.15) is 17.8 Å². The fourth-order valence-electron chi connectivity index (χ4n) is 1.93. The number of halogens is 2. The van der Waals surface area contributed by atoms with Gasteiger partial charge >= 0.3 is 0 Å². The molecule has 102 valence electrons. The molecule has 1 atom stereocenters. The highest BCUT2D eigenvalue weighted by Crippen LogP contribution is 2.16. The largest absolute Gasteiger partial charge is 0.324 e. The smallest absolute Gasteiger partial charge is 0.228 e. The van der Waals surface area contributed by atoms with Crippen molar-refractivity contribution in [1.29, 1.82) is 0 Å². The zero-order valence-electron chi connectivity index (χ0n) is 10.5. The Morgan fingerprint density at radius 3 is 2.67 bits per heavy atom. The third-order valence-electron chi connectivity index (χ3n) is 2.91. The van der Waals surface area contributed by atoms with Gasteiger partial charge in [-0.1, -0.05) is 0 Å². The first-order valence-corrected chi connectivity index (χ1v) is 5.62. The molecule has 0 bridgehead atoms. The van der Waals surface area contributed by atoms with E-state index < -0.39 is 0 Å². The molecule has 0 aliphatic carbocycles. The zero-order chi connectivity index (χ0) is 11.5. The van der Waals surface area contributed by atoms with Crippen LogP contribution >= 0.6 is 24.8 Å². The molecule has 1 aliphatic heterocycles. The standard InChI is InChI=1S/C12H17N3O.2ClH/c1-8-3-4-11(9(2)14-8)15-12(16)10-5-6-13-7-10;;/h3-4,10,13H,5-7H2,1-2H3,(H,15,16);2*1H. The molecule has 2 heterocycles. The van der Waals surface area contributed by atoms with Crippen LogP contribution in [-0.4, -0.2) is 24.0 Å². The van der Waals surface area contributed by atoms with Crippen LogP contribution in [0.25, 0.3) is 0 Å². The lowest BCUT2D eigenvalue weighted by Crippen LogP contribution is -2.25. The third-order valence-corrected chi connectivity index (χ3v) is 2.91. The highest BCUT2D eigenvalue weighted by atomic mass is 35.5. The van der Waals surface area contributed by atoms with E-state index in [-0.39, 0.29) is 36.6 Å². The molecule has 0 aromatic carbocycles. The second-order valence-corrected chi connectivity index (χ2v) is 4.26. The van der Waals surface area contributed by atoms with Crippen LogP contribution in [-0.2, 0) is 4.79 Å². The number of hydrogen-bond acceptors (Lipinski definition) is 3. The second kappa shape index (κ2) is 7.56. The Morgan fingerprint density at radius 2 is 2.11 bits per heavy atom. The van der Waals surface area contributed by atoms with Gasteiger partial charge in [-0.25, -0.2) is 0 Å². The number of carbonyl (C=O) groups is 1. The average molecular weight is 292 g/mol. The highest BCUT2D eigenvalue weighted by molar-refractivity contribution is 5.93. The number of hydrogen-bond donors (Lipinski definition) is 2. The summed E-state index contributed by atoms with van der Waals surface area (Å²) in [6.07, 6.45) is 0.921. The lowest BCUT2D eigenvalue weighted by atomic mass is 10.1. The van der Waals surface area contributed by atoms with E-state index in [1.165, 1.54) is 0 Å². The predicted octanol–water partition coefficient (Wildman–Crippen LogP) is 2.09. The van der Waals surface area contributed by atoms with Crippen LogP contribution in [0.5, 0.6) is 0 Å². The quantitative estimate of drug-likeness (QED) is 0.877. The molecule has 0 radical (unpaired) electrons. The summed E-state index contributed by atoms with van der Waals surface area (Å²) >= 11 is 0. The molecule has 1 aromatic rings. The lowest BCUT2D eigenvalue weighted by molar-refractivity contribution is -0.119. The molecule has 1 aromatic heterocycles. The number of carbonyl (C=O) groups excluding carboxylic acids is 1. The van der Waals surface area contributed by atoms with E-state index in [4.69, 9.17) is 0 Å². The van der Waals surface area contributed by atoms with E-state index in [9.17, 15) is 4.79 Å². The number of rotatable bonds is 2. The number of aromatic nitrogens is 1. The van der Waals surface area contributed by atoms with E-state index in [2.05, 4.69) is 15.6 Å². The number of aryl methyl sites for hydroxylation is 2. The molecule has 1 fully saturated rings. The van der Waals surface area contributed by atoms with Crippen LogP contribution in [0.2, 0.25) is 0 Å². The van der Waals surface area contributed by atoms with Crippen molar-refractivity contribution in [3.8, 4) is 0 Å². The Labute approximate surface area is 120 Å². The molecule has 2 rings (SSSR count). The van der Waals surface area contributed by atoms with Gasteiger partial charge in [0.1, 0.15) is 0 Å². The van der Waals surface area contributed by atoms with Crippen molar-refractivity contribution in [2.45, 2.75) is 20.3 Å². The maximum Gasteiger partial charge on any atom is 0.228 e. The van der Waals surface area contributed by atoms with E-state index in [1.807, 2.05) is 26.0 Å². The molecular weight excluding hydrogens is 273 g/mol. The molecule has 18 heavy (non-hydrogen) atoms. The SMILES string of the molecule is Cc1ccc(NC(=O)C2CCNC2)c(C)n1.Cl.Cl. The zero-order valence-corrected chi connectivity index (χ0v) is 12.2. The molecule has 0 saturated carbocycles. The summed E-state index contributed by atoms with van der Waals surface area (Å²) in [4.78, 5) is 16.2. The summed E-state index contributed by atoms with van der Waals surface area (Å²) < 4.78 is 0. The van der Waals surface area contributed by atoms with Gasteiger partial charge in [0, 0.05) is 12.2 Å². The fourth-order valence-corrected chi connectivity index (χ4v) is 1.93. The van der Waals surface area contributed by atoms with Gasteiger partial charge in [0.2, 0.25) is 5.91 Å². The van der Waals surface area contributed by atoms with Crippen LogP contribution in [0.15, 0.2) is 12.1 Å². The second-order valence-electron chi connectivity index (χ2n) is 4.26. The molecule has 6 heteroatoms. The highest BCUT2D eigenvalue weighted by Gasteiger charge is 2.22. The van der Waals surface area contributed by atoms with E-state index in [0.717, 1.165) is 36.6 Å². The van der Waals surface area contributed by atoms with Crippen molar-refractivity contribution in [1.82, 2.24) is 10.3 Å². The number of nitrogens with zero attached hydrogens (tertiary/aromatic N) is 1. The minimum Gasteiger partial charge on any atom is -0.324 e. The van der Waals surface area contributed by atoms with Crippen molar-refractivity contribution >= 4 is 36.4 Å². The van der Waals surface area contributed by atoms with Gasteiger partial charge in [-0.2, -0.15) is 0 Å². The number of anilines is 1.